The van der Waals surface area contributed by atoms with E-state index in [9.17, 15) is 9.18 Å². The van der Waals surface area contributed by atoms with Crippen LogP contribution in [0.1, 0.15) is 32.3 Å². The van der Waals surface area contributed by atoms with Crippen molar-refractivity contribution in [1.82, 2.24) is 14.5 Å². The van der Waals surface area contributed by atoms with Gasteiger partial charge < -0.3 is 4.90 Å². The van der Waals surface area contributed by atoms with Gasteiger partial charge in [-0.15, -0.1) is 0 Å². The quantitative estimate of drug-likeness (QED) is 0.649. The summed E-state index contributed by atoms with van der Waals surface area (Å²) in [4.78, 5) is 20.1. The van der Waals surface area contributed by atoms with Gasteiger partial charge >= 0.3 is 0 Å². The first-order valence-corrected chi connectivity index (χ1v) is 10.4. The number of likely N-dealkylation sites (tertiary alicyclic amines) is 1. The Morgan fingerprint density at radius 2 is 2.03 bits per heavy atom. The van der Waals surface area contributed by atoms with E-state index < -0.39 is 0 Å². The largest absolute Gasteiger partial charge is 0.301 e. The van der Waals surface area contributed by atoms with Gasteiger partial charge in [-0.3, -0.25) is 9.36 Å². The Balaban J connectivity index is 1.68. The fraction of sp³-hybridized carbons (Fsp3) is 0.417. The number of rotatable bonds is 4. The smallest absolute Gasteiger partial charge is 0.261 e. The maximum Gasteiger partial charge on any atom is 0.261 e. The van der Waals surface area contributed by atoms with Gasteiger partial charge in [-0.25, -0.2) is 9.37 Å². The lowest BCUT2D eigenvalue weighted by Gasteiger charge is -2.35. The molecule has 0 unspecified atom stereocenters. The molecule has 0 bridgehead atoms. The van der Waals surface area contributed by atoms with Gasteiger partial charge in [0, 0.05) is 24.7 Å². The summed E-state index contributed by atoms with van der Waals surface area (Å²) in [5.41, 5.74) is 2.81. The highest BCUT2D eigenvalue weighted by atomic mass is 19.1. The Hall–Kier alpha value is -2.53. The second-order valence-corrected chi connectivity index (χ2v) is 8.51. The first-order valence-electron chi connectivity index (χ1n) is 10.4. The minimum Gasteiger partial charge on any atom is -0.301 e. The van der Waals surface area contributed by atoms with Crippen LogP contribution in [0.15, 0.2) is 47.5 Å². The molecule has 0 spiro atoms. The molecule has 1 aliphatic rings. The summed E-state index contributed by atoms with van der Waals surface area (Å²) >= 11 is 0. The van der Waals surface area contributed by atoms with E-state index in [2.05, 4.69) is 23.7 Å². The van der Waals surface area contributed by atoms with Gasteiger partial charge in [0.1, 0.15) is 5.82 Å². The molecule has 2 aromatic carbocycles. The van der Waals surface area contributed by atoms with Crippen molar-refractivity contribution in [3.05, 3.63) is 64.5 Å². The van der Waals surface area contributed by atoms with Crippen molar-refractivity contribution in [2.45, 2.75) is 46.2 Å². The highest BCUT2D eigenvalue weighted by Crippen LogP contribution is 2.26. The molecule has 29 heavy (non-hydrogen) atoms. The van der Waals surface area contributed by atoms with E-state index in [1.807, 2.05) is 19.1 Å². The van der Waals surface area contributed by atoms with Gasteiger partial charge in [-0.2, -0.15) is 0 Å². The highest BCUT2D eigenvalue weighted by molar-refractivity contribution is 5.83. The molecule has 5 heteroatoms. The van der Waals surface area contributed by atoms with Crippen molar-refractivity contribution in [2.24, 2.45) is 5.92 Å². The zero-order valence-corrected chi connectivity index (χ0v) is 17.4. The lowest BCUT2D eigenvalue weighted by atomic mass is 9.97. The number of hydrogen-bond acceptors (Lipinski definition) is 3. The van der Waals surface area contributed by atoms with Crippen molar-refractivity contribution in [3.63, 3.8) is 0 Å². The summed E-state index contributed by atoms with van der Waals surface area (Å²) in [6, 6.07) is 11.0. The summed E-state index contributed by atoms with van der Waals surface area (Å²) in [6.07, 6.45) is 3.95. The molecule has 152 valence electrons. The van der Waals surface area contributed by atoms with Gasteiger partial charge in [0.15, 0.2) is 0 Å². The van der Waals surface area contributed by atoms with Crippen LogP contribution >= 0.6 is 0 Å². The molecule has 4 rings (SSSR count). The molecule has 1 aliphatic heterocycles. The average Bonchev–Trinajstić information content (AvgIpc) is 2.72. The van der Waals surface area contributed by atoms with Crippen LogP contribution in [0.25, 0.3) is 22.0 Å². The average molecular weight is 394 g/mol. The van der Waals surface area contributed by atoms with Crippen LogP contribution in [0.5, 0.6) is 0 Å². The molecule has 1 aromatic heterocycles. The molecule has 0 amide bonds. The number of halogens is 1. The highest BCUT2D eigenvalue weighted by Gasteiger charge is 2.22. The van der Waals surface area contributed by atoms with E-state index >= 15 is 0 Å². The van der Waals surface area contributed by atoms with Crippen LogP contribution in [0, 0.1) is 18.7 Å². The van der Waals surface area contributed by atoms with Crippen LogP contribution in [0.3, 0.4) is 0 Å². The van der Waals surface area contributed by atoms with Crippen molar-refractivity contribution in [1.29, 1.82) is 0 Å². The number of hydrogen-bond donors (Lipinski definition) is 0. The lowest BCUT2D eigenvalue weighted by Crippen LogP contribution is -2.42. The fourth-order valence-electron chi connectivity index (χ4n) is 4.31. The van der Waals surface area contributed by atoms with Crippen molar-refractivity contribution in [3.8, 4) is 11.1 Å². The number of nitrogens with zero attached hydrogens (tertiary/aromatic N) is 3. The monoisotopic (exact) mass is 393 g/mol. The summed E-state index contributed by atoms with van der Waals surface area (Å²) < 4.78 is 16.1. The normalized spacial score (nSPS) is 17.9. The van der Waals surface area contributed by atoms with Crippen LogP contribution < -0.4 is 5.56 Å². The second-order valence-electron chi connectivity index (χ2n) is 8.51. The molecule has 0 radical (unpaired) electrons. The van der Waals surface area contributed by atoms with Crippen LogP contribution in [0.4, 0.5) is 4.39 Å². The minimum atomic E-state index is -0.282. The van der Waals surface area contributed by atoms with E-state index in [4.69, 9.17) is 0 Å². The third-order valence-corrected chi connectivity index (χ3v) is 5.99. The van der Waals surface area contributed by atoms with Gasteiger partial charge in [-0.05, 0) is 75.9 Å². The Kier molecular flexibility index (Phi) is 5.50. The lowest BCUT2D eigenvalue weighted by molar-refractivity contribution is 0.130. The molecule has 1 fully saturated rings. The van der Waals surface area contributed by atoms with Crippen LogP contribution in [0.2, 0.25) is 0 Å². The fourth-order valence-corrected chi connectivity index (χ4v) is 4.31. The number of aryl methyl sites for hydroxylation is 1. The second kappa shape index (κ2) is 8.07. The van der Waals surface area contributed by atoms with Crippen LogP contribution in [-0.2, 0) is 6.54 Å². The standard InChI is InChI=1S/C24H28FN3O/c1-16(2)27-10-4-5-18(13-27)14-28-15-26-23-9-7-19(12-21(23)24(28)29)20-11-17(3)6-8-22(20)25/h6-9,11-12,15-16,18H,4-5,10,13-14H2,1-3H3/t18-/m0/s1. The Labute approximate surface area is 171 Å². The first-order chi connectivity index (χ1) is 13.9. The molecule has 0 saturated carbocycles. The molecular formula is C24H28FN3O. The third kappa shape index (κ3) is 4.10. The minimum absolute atomic E-state index is 0.0495. The molecule has 2 heterocycles. The van der Waals surface area contributed by atoms with E-state index in [1.165, 1.54) is 6.07 Å². The van der Waals surface area contributed by atoms with Gasteiger partial charge in [0.05, 0.1) is 17.2 Å². The maximum absolute atomic E-state index is 14.3. The van der Waals surface area contributed by atoms with E-state index in [1.54, 1.807) is 29.1 Å². The van der Waals surface area contributed by atoms with Gasteiger partial charge in [0.25, 0.3) is 5.56 Å². The number of benzene rings is 2. The first kappa shape index (κ1) is 19.8. The summed E-state index contributed by atoms with van der Waals surface area (Å²) in [6.45, 7) is 9.19. The molecular weight excluding hydrogens is 365 g/mol. The predicted octanol–water partition coefficient (Wildman–Crippen LogP) is 4.63. The number of piperidine rings is 1. The summed E-state index contributed by atoms with van der Waals surface area (Å²) in [7, 11) is 0. The maximum atomic E-state index is 14.3. The van der Waals surface area contributed by atoms with Crippen molar-refractivity contribution in [2.75, 3.05) is 13.1 Å². The predicted molar refractivity (Wildman–Crippen MR) is 116 cm³/mol. The number of fused-ring (bicyclic) bond motifs is 1. The topological polar surface area (TPSA) is 38.1 Å². The Morgan fingerprint density at radius 1 is 1.21 bits per heavy atom. The molecule has 4 nitrogen and oxygen atoms in total. The molecule has 0 N–H and O–H groups in total. The van der Waals surface area contributed by atoms with Crippen molar-refractivity contribution < 1.29 is 4.39 Å². The van der Waals surface area contributed by atoms with Crippen molar-refractivity contribution >= 4 is 10.9 Å². The number of aromatic nitrogens is 2. The van der Waals surface area contributed by atoms with Gasteiger partial charge in [0.2, 0.25) is 0 Å². The summed E-state index contributed by atoms with van der Waals surface area (Å²) in [5.74, 6) is 0.163. The van der Waals surface area contributed by atoms with Gasteiger partial charge in [-0.1, -0.05) is 17.7 Å². The molecule has 1 saturated heterocycles. The van der Waals surface area contributed by atoms with E-state index in [0.29, 0.717) is 40.5 Å². The van der Waals surface area contributed by atoms with E-state index in [0.717, 1.165) is 31.5 Å². The molecule has 3 aromatic rings. The Morgan fingerprint density at radius 3 is 2.83 bits per heavy atom. The van der Waals surface area contributed by atoms with E-state index in [-0.39, 0.29) is 11.4 Å². The Bertz CT molecular complexity index is 1090. The zero-order valence-electron chi connectivity index (χ0n) is 17.4. The SMILES string of the molecule is Cc1ccc(F)c(-c2ccc3ncn(C[C@H]4CCCN(C(C)C)C4)c(=O)c3c2)c1. The van der Waals surface area contributed by atoms with Crippen LogP contribution in [-0.4, -0.2) is 33.6 Å². The molecule has 0 aliphatic carbocycles. The zero-order chi connectivity index (χ0) is 20.5. The third-order valence-electron chi connectivity index (χ3n) is 5.99. The molecule has 1 atom stereocenters. The summed E-state index contributed by atoms with van der Waals surface area (Å²) in [5, 5.41) is 0.544.